The molecule has 4 nitrogen and oxygen atoms in total. The van der Waals surface area contributed by atoms with E-state index in [4.69, 9.17) is 15.0 Å². The molecule has 8 aromatic rings. The van der Waals surface area contributed by atoms with E-state index >= 15 is 0 Å². The van der Waals surface area contributed by atoms with Crippen molar-refractivity contribution in [1.82, 2.24) is 19.5 Å². The maximum Gasteiger partial charge on any atom is 0.164 e. The van der Waals surface area contributed by atoms with Crippen LogP contribution in [-0.4, -0.2) is 19.5 Å². The van der Waals surface area contributed by atoms with Crippen LogP contribution in [0.15, 0.2) is 133 Å². The summed E-state index contributed by atoms with van der Waals surface area (Å²) in [5.41, 5.74) is 6.30. The minimum absolute atomic E-state index is 0.649. The number of benzene rings is 5. The number of rotatable bonds is 4. The number of aromatic nitrogens is 4. The number of thiophene rings is 1. The van der Waals surface area contributed by atoms with Gasteiger partial charge in [-0.25, -0.2) is 15.0 Å². The lowest BCUT2D eigenvalue weighted by Gasteiger charge is -2.11. The second-order valence-electron chi connectivity index (χ2n) is 9.77. The van der Waals surface area contributed by atoms with E-state index in [1.54, 1.807) is 11.3 Å². The Balaban J connectivity index is 1.35. The van der Waals surface area contributed by atoms with Crippen LogP contribution >= 0.6 is 11.3 Å². The summed E-state index contributed by atoms with van der Waals surface area (Å²) in [6.45, 7) is 0. The zero-order chi connectivity index (χ0) is 26.5. The number of para-hydroxylation sites is 1. The molecule has 40 heavy (non-hydrogen) atoms. The Labute approximate surface area is 234 Å². The first-order valence-corrected chi connectivity index (χ1v) is 14.1. The number of hydrogen-bond acceptors (Lipinski definition) is 4. The molecule has 0 aliphatic carbocycles. The molecule has 0 amide bonds. The van der Waals surface area contributed by atoms with Crippen molar-refractivity contribution < 1.29 is 0 Å². The van der Waals surface area contributed by atoms with Gasteiger partial charge in [0.25, 0.3) is 0 Å². The standard InChI is InChI=1S/C35H22N4S/c1-3-10-23(11-4-1)33-36-34(24-12-5-2-6-13-24)38-35(37-33)26-14-9-15-27(20-26)39-30-17-8-7-16-28(30)29-22-32-25(18-19-40-32)21-31(29)39/h1-22H. The number of fused-ring (bicyclic) bond motifs is 4. The summed E-state index contributed by atoms with van der Waals surface area (Å²) in [5.74, 6) is 1.97. The second kappa shape index (κ2) is 9.26. The molecule has 0 unspecified atom stereocenters. The quantitative estimate of drug-likeness (QED) is 0.228. The van der Waals surface area contributed by atoms with Crippen molar-refractivity contribution in [3.63, 3.8) is 0 Å². The summed E-state index contributed by atoms with van der Waals surface area (Å²) >= 11 is 1.78. The van der Waals surface area contributed by atoms with Gasteiger partial charge in [0.1, 0.15) is 0 Å². The van der Waals surface area contributed by atoms with E-state index < -0.39 is 0 Å². The van der Waals surface area contributed by atoms with E-state index in [2.05, 4.69) is 76.7 Å². The third-order valence-corrected chi connectivity index (χ3v) is 8.19. The van der Waals surface area contributed by atoms with Gasteiger partial charge in [0.15, 0.2) is 17.5 Å². The molecule has 188 valence electrons. The Bertz CT molecular complexity index is 2100. The smallest absolute Gasteiger partial charge is 0.164 e. The average molecular weight is 531 g/mol. The molecule has 0 saturated heterocycles. The predicted molar refractivity (Wildman–Crippen MR) is 166 cm³/mol. The van der Waals surface area contributed by atoms with E-state index in [1.165, 1.54) is 31.9 Å². The van der Waals surface area contributed by atoms with Crippen molar-refractivity contribution in [2.75, 3.05) is 0 Å². The van der Waals surface area contributed by atoms with Gasteiger partial charge >= 0.3 is 0 Å². The third-order valence-electron chi connectivity index (χ3n) is 7.31. The van der Waals surface area contributed by atoms with Gasteiger partial charge in [-0.3, -0.25) is 0 Å². The normalized spacial score (nSPS) is 11.5. The average Bonchev–Trinajstić information content (AvgIpc) is 3.62. The van der Waals surface area contributed by atoms with E-state index in [9.17, 15) is 0 Å². The maximum atomic E-state index is 4.95. The second-order valence-corrected chi connectivity index (χ2v) is 10.7. The van der Waals surface area contributed by atoms with E-state index in [0.29, 0.717) is 17.5 Å². The molecule has 5 aromatic carbocycles. The molecule has 0 spiro atoms. The lowest BCUT2D eigenvalue weighted by Crippen LogP contribution is -2.01. The van der Waals surface area contributed by atoms with Gasteiger partial charge < -0.3 is 4.57 Å². The van der Waals surface area contributed by atoms with Crippen LogP contribution in [0.2, 0.25) is 0 Å². The fraction of sp³-hybridized carbons (Fsp3) is 0. The van der Waals surface area contributed by atoms with Crippen molar-refractivity contribution in [3.8, 4) is 39.9 Å². The van der Waals surface area contributed by atoms with Gasteiger partial charge in [-0.15, -0.1) is 11.3 Å². The fourth-order valence-corrected chi connectivity index (χ4v) is 6.23. The molecule has 0 radical (unpaired) electrons. The van der Waals surface area contributed by atoms with Crippen molar-refractivity contribution in [1.29, 1.82) is 0 Å². The molecular formula is C35H22N4S. The Morgan fingerprint density at radius 1 is 0.475 bits per heavy atom. The molecule has 0 bridgehead atoms. The zero-order valence-electron chi connectivity index (χ0n) is 21.4. The first kappa shape index (κ1) is 22.8. The largest absolute Gasteiger partial charge is 0.309 e. The Kier molecular flexibility index (Phi) is 5.28. The van der Waals surface area contributed by atoms with Crippen LogP contribution in [0.4, 0.5) is 0 Å². The van der Waals surface area contributed by atoms with Gasteiger partial charge in [-0.2, -0.15) is 0 Å². The molecule has 0 aliphatic rings. The first-order chi connectivity index (χ1) is 19.8. The van der Waals surface area contributed by atoms with Crippen molar-refractivity contribution in [2.45, 2.75) is 0 Å². The predicted octanol–water partition coefficient (Wildman–Crippen LogP) is 9.18. The molecule has 8 rings (SSSR count). The highest BCUT2D eigenvalue weighted by Gasteiger charge is 2.16. The summed E-state index contributed by atoms with van der Waals surface area (Å²) in [5, 5.41) is 5.92. The highest BCUT2D eigenvalue weighted by atomic mass is 32.1. The molecule has 0 aliphatic heterocycles. The molecule has 3 aromatic heterocycles. The minimum Gasteiger partial charge on any atom is -0.309 e. The zero-order valence-corrected chi connectivity index (χ0v) is 22.2. The van der Waals surface area contributed by atoms with Gasteiger partial charge in [0.05, 0.1) is 11.0 Å². The number of hydrogen-bond donors (Lipinski definition) is 0. The van der Waals surface area contributed by atoms with Gasteiger partial charge in [0.2, 0.25) is 0 Å². The van der Waals surface area contributed by atoms with E-state index in [-0.39, 0.29) is 0 Å². The van der Waals surface area contributed by atoms with Crippen LogP contribution in [-0.2, 0) is 0 Å². The molecule has 0 atom stereocenters. The highest BCUT2D eigenvalue weighted by Crippen LogP contribution is 2.37. The van der Waals surface area contributed by atoms with Crippen LogP contribution in [0.25, 0.3) is 71.7 Å². The lowest BCUT2D eigenvalue weighted by molar-refractivity contribution is 1.07. The summed E-state index contributed by atoms with van der Waals surface area (Å²) < 4.78 is 3.65. The summed E-state index contributed by atoms with van der Waals surface area (Å²) in [7, 11) is 0. The van der Waals surface area contributed by atoms with Crippen LogP contribution < -0.4 is 0 Å². The van der Waals surface area contributed by atoms with Crippen molar-refractivity contribution in [2.24, 2.45) is 0 Å². The monoisotopic (exact) mass is 530 g/mol. The molecular weight excluding hydrogens is 508 g/mol. The fourth-order valence-electron chi connectivity index (χ4n) is 5.42. The Morgan fingerprint density at radius 2 is 1.10 bits per heavy atom. The molecule has 0 N–H and O–H groups in total. The highest BCUT2D eigenvalue weighted by molar-refractivity contribution is 7.17. The van der Waals surface area contributed by atoms with Gasteiger partial charge in [-0.1, -0.05) is 91.0 Å². The summed E-state index contributed by atoms with van der Waals surface area (Å²) in [6, 6.07) is 44.1. The SMILES string of the molecule is c1ccc(-c2nc(-c3ccccc3)nc(-c3cccc(-n4c5ccccc5c5cc6sccc6cc54)c3)n2)cc1. The van der Waals surface area contributed by atoms with Crippen molar-refractivity contribution >= 4 is 43.2 Å². The van der Waals surface area contributed by atoms with Gasteiger partial charge in [-0.05, 0) is 47.2 Å². The molecule has 5 heteroatoms. The van der Waals surface area contributed by atoms with Crippen LogP contribution in [0, 0.1) is 0 Å². The topological polar surface area (TPSA) is 43.6 Å². The Hall–Kier alpha value is -5.13. The molecule has 3 heterocycles. The van der Waals surface area contributed by atoms with E-state index in [0.717, 1.165) is 22.4 Å². The molecule has 0 fully saturated rings. The van der Waals surface area contributed by atoms with Crippen LogP contribution in [0.3, 0.4) is 0 Å². The summed E-state index contributed by atoms with van der Waals surface area (Å²) in [6.07, 6.45) is 0. The maximum absolute atomic E-state index is 4.95. The Morgan fingerprint density at radius 3 is 1.82 bits per heavy atom. The van der Waals surface area contributed by atoms with Crippen LogP contribution in [0.5, 0.6) is 0 Å². The lowest BCUT2D eigenvalue weighted by atomic mass is 10.1. The van der Waals surface area contributed by atoms with Gasteiger partial charge in [0, 0.05) is 37.9 Å². The van der Waals surface area contributed by atoms with Crippen LogP contribution in [0.1, 0.15) is 0 Å². The minimum atomic E-state index is 0.649. The summed E-state index contributed by atoms with van der Waals surface area (Å²) in [4.78, 5) is 14.8. The van der Waals surface area contributed by atoms with Crippen molar-refractivity contribution in [3.05, 3.63) is 133 Å². The third kappa shape index (κ3) is 3.79. The molecule has 0 saturated carbocycles. The first-order valence-electron chi connectivity index (χ1n) is 13.2. The number of nitrogens with zero attached hydrogens (tertiary/aromatic N) is 4. The van der Waals surface area contributed by atoms with E-state index in [1.807, 2.05) is 60.7 Å².